The Kier molecular flexibility index (Phi) is 7.06. The first kappa shape index (κ1) is 18.2. The molecule has 0 heterocycles. The molecule has 5 nitrogen and oxygen atoms in total. The molecule has 1 rings (SSSR count). The van der Waals surface area contributed by atoms with Gasteiger partial charge in [-0.1, -0.05) is 0 Å². The SMILES string of the molecule is O=C(NCCCOCCO)Nc1cc(C(F)(F)F)ccc1F. The van der Waals surface area contributed by atoms with Crippen molar-refractivity contribution in [1.82, 2.24) is 5.32 Å². The molecule has 9 heteroatoms. The highest BCUT2D eigenvalue weighted by molar-refractivity contribution is 5.89. The van der Waals surface area contributed by atoms with Crippen molar-refractivity contribution >= 4 is 11.7 Å². The highest BCUT2D eigenvalue weighted by atomic mass is 19.4. The molecule has 22 heavy (non-hydrogen) atoms. The summed E-state index contributed by atoms with van der Waals surface area (Å²) in [6.45, 7) is 0.570. The molecule has 0 aliphatic carbocycles. The fraction of sp³-hybridized carbons (Fsp3) is 0.462. The molecule has 0 bridgehead atoms. The molecule has 3 N–H and O–H groups in total. The van der Waals surface area contributed by atoms with Crippen LogP contribution in [0.2, 0.25) is 0 Å². The van der Waals surface area contributed by atoms with Crippen LogP contribution in [-0.4, -0.2) is 37.5 Å². The number of carbonyl (C=O) groups excluding carboxylic acids is 1. The summed E-state index contributed by atoms with van der Waals surface area (Å²) < 4.78 is 55.9. The predicted octanol–water partition coefficient (Wildman–Crippen LogP) is 2.37. The lowest BCUT2D eigenvalue weighted by molar-refractivity contribution is -0.137. The van der Waals surface area contributed by atoms with Crippen molar-refractivity contribution in [3.63, 3.8) is 0 Å². The second kappa shape index (κ2) is 8.54. The summed E-state index contributed by atoms with van der Waals surface area (Å²) in [4.78, 5) is 11.5. The molecule has 0 spiro atoms. The van der Waals surface area contributed by atoms with Crippen LogP contribution < -0.4 is 10.6 Å². The quantitative estimate of drug-likeness (QED) is 0.533. The van der Waals surface area contributed by atoms with E-state index in [0.717, 1.165) is 0 Å². The first-order valence-electron chi connectivity index (χ1n) is 6.45. The molecule has 0 atom stereocenters. The van der Waals surface area contributed by atoms with Crippen molar-refractivity contribution in [3.05, 3.63) is 29.6 Å². The Labute approximate surface area is 124 Å². The Hall–Kier alpha value is -1.87. The van der Waals surface area contributed by atoms with Crippen LogP contribution in [0.3, 0.4) is 0 Å². The molecule has 0 fully saturated rings. The number of urea groups is 1. The van der Waals surface area contributed by atoms with E-state index in [-0.39, 0.29) is 19.8 Å². The number of nitrogens with one attached hydrogen (secondary N) is 2. The van der Waals surface area contributed by atoms with Crippen LogP contribution in [0.4, 0.5) is 28.0 Å². The van der Waals surface area contributed by atoms with Crippen LogP contribution in [-0.2, 0) is 10.9 Å². The summed E-state index contributed by atoms with van der Waals surface area (Å²) in [5.41, 5.74) is -1.61. The summed E-state index contributed by atoms with van der Waals surface area (Å²) >= 11 is 0. The van der Waals surface area contributed by atoms with Gasteiger partial charge in [-0.2, -0.15) is 13.2 Å². The zero-order valence-corrected chi connectivity index (χ0v) is 11.5. The molecule has 0 saturated carbocycles. The number of hydrogen-bond donors (Lipinski definition) is 3. The molecule has 0 aliphatic rings. The van der Waals surface area contributed by atoms with Crippen LogP contribution in [0.25, 0.3) is 0 Å². The number of hydrogen-bond acceptors (Lipinski definition) is 3. The van der Waals surface area contributed by atoms with E-state index in [9.17, 15) is 22.4 Å². The van der Waals surface area contributed by atoms with Crippen LogP contribution in [0.15, 0.2) is 18.2 Å². The molecule has 1 aromatic carbocycles. The Bertz CT molecular complexity index is 495. The van der Waals surface area contributed by atoms with E-state index in [1.807, 2.05) is 5.32 Å². The summed E-state index contributed by atoms with van der Waals surface area (Å²) in [6.07, 6.45) is -4.18. The van der Waals surface area contributed by atoms with Gasteiger partial charge >= 0.3 is 12.2 Å². The van der Waals surface area contributed by atoms with Crippen LogP contribution in [0.1, 0.15) is 12.0 Å². The minimum Gasteiger partial charge on any atom is -0.394 e. The fourth-order valence-corrected chi connectivity index (χ4v) is 1.51. The number of aliphatic hydroxyl groups is 1. The molecule has 2 amide bonds. The van der Waals surface area contributed by atoms with E-state index in [0.29, 0.717) is 31.2 Å². The molecule has 0 saturated heterocycles. The van der Waals surface area contributed by atoms with Gasteiger partial charge in [0, 0.05) is 13.2 Å². The number of alkyl halides is 3. The first-order valence-corrected chi connectivity index (χ1v) is 6.45. The molecule has 0 radical (unpaired) electrons. The standard InChI is InChI=1S/C13H16F4N2O3/c14-10-3-2-9(13(15,16)17)8-11(10)19-12(21)18-4-1-6-22-7-5-20/h2-3,8,20H,1,4-7H2,(H2,18,19,21). The average Bonchev–Trinajstić information content (AvgIpc) is 2.44. The molecular weight excluding hydrogens is 308 g/mol. The van der Waals surface area contributed by atoms with Gasteiger partial charge < -0.3 is 20.5 Å². The van der Waals surface area contributed by atoms with Gasteiger partial charge in [-0.05, 0) is 24.6 Å². The number of benzene rings is 1. The Balaban J connectivity index is 2.47. The number of rotatable bonds is 7. The lowest BCUT2D eigenvalue weighted by Gasteiger charge is -2.11. The molecule has 0 aliphatic heterocycles. The maximum atomic E-state index is 13.4. The van der Waals surface area contributed by atoms with Crippen molar-refractivity contribution in [2.45, 2.75) is 12.6 Å². The Morgan fingerprint density at radius 3 is 2.64 bits per heavy atom. The normalized spacial score (nSPS) is 11.3. The third-order valence-electron chi connectivity index (χ3n) is 2.53. The Morgan fingerprint density at radius 1 is 1.27 bits per heavy atom. The zero-order chi connectivity index (χ0) is 16.6. The van der Waals surface area contributed by atoms with Gasteiger partial charge in [-0.3, -0.25) is 0 Å². The molecule has 0 unspecified atom stereocenters. The van der Waals surface area contributed by atoms with Gasteiger partial charge in [0.1, 0.15) is 5.82 Å². The smallest absolute Gasteiger partial charge is 0.394 e. The van der Waals surface area contributed by atoms with Gasteiger partial charge in [0.15, 0.2) is 0 Å². The highest BCUT2D eigenvalue weighted by Gasteiger charge is 2.31. The maximum Gasteiger partial charge on any atom is 0.416 e. The van der Waals surface area contributed by atoms with Crippen molar-refractivity contribution in [2.75, 3.05) is 31.7 Å². The van der Waals surface area contributed by atoms with Crippen molar-refractivity contribution in [2.24, 2.45) is 0 Å². The van der Waals surface area contributed by atoms with Crippen molar-refractivity contribution in [1.29, 1.82) is 0 Å². The summed E-state index contributed by atoms with van der Waals surface area (Å²) in [6, 6.07) is 0.942. The molecule has 0 aromatic heterocycles. The first-order chi connectivity index (χ1) is 10.3. The highest BCUT2D eigenvalue weighted by Crippen LogP contribution is 2.31. The molecular formula is C13H16F4N2O3. The largest absolute Gasteiger partial charge is 0.416 e. The van der Waals surface area contributed by atoms with Crippen LogP contribution in [0.5, 0.6) is 0 Å². The summed E-state index contributed by atoms with van der Waals surface area (Å²) in [5, 5.41) is 12.8. The lowest BCUT2D eigenvalue weighted by Crippen LogP contribution is -2.30. The second-order valence-corrected chi connectivity index (χ2v) is 4.26. The van der Waals surface area contributed by atoms with Gasteiger partial charge in [-0.15, -0.1) is 0 Å². The minimum absolute atomic E-state index is 0.108. The van der Waals surface area contributed by atoms with Gasteiger partial charge in [0.25, 0.3) is 0 Å². The second-order valence-electron chi connectivity index (χ2n) is 4.26. The van der Waals surface area contributed by atoms with Gasteiger partial charge in [0.2, 0.25) is 0 Å². The zero-order valence-electron chi connectivity index (χ0n) is 11.5. The van der Waals surface area contributed by atoms with E-state index in [4.69, 9.17) is 9.84 Å². The Morgan fingerprint density at radius 2 is 2.00 bits per heavy atom. The third kappa shape index (κ3) is 6.27. The topological polar surface area (TPSA) is 70.6 Å². The van der Waals surface area contributed by atoms with Crippen molar-refractivity contribution in [3.8, 4) is 0 Å². The third-order valence-corrected chi connectivity index (χ3v) is 2.53. The van der Waals surface area contributed by atoms with E-state index in [2.05, 4.69) is 5.32 Å². The van der Waals surface area contributed by atoms with E-state index in [1.54, 1.807) is 0 Å². The maximum absolute atomic E-state index is 13.4. The average molecular weight is 324 g/mol. The minimum atomic E-state index is -4.62. The number of amides is 2. The van der Waals surface area contributed by atoms with E-state index < -0.39 is 29.3 Å². The fourth-order valence-electron chi connectivity index (χ4n) is 1.51. The van der Waals surface area contributed by atoms with Crippen molar-refractivity contribution < 1.29 is 32.2 Å². The summed E-state index contributed by atoms with van der Waals surface area (Å²) in [5.74, 6) is -0.963. The van der Waals surface area contributed by atoms with Gasteiger partial charge in [0.05, 0.1) is 24.5 Å². The lowest BCUT2D eigenvalue weighted by atomic mass is 10.2. The van der Waals surface area contributed by atoms with Crippen LogP contribution in [0, 0.1) is 5.82 Å². The number of halogens is 4. The van der Waals surface area contributed by atoms with Crippen LogP contribution >= 0.6 is 0 Å². The monoisotopic (exact) mass is 324 g/mol. The summed E-state index contributed by atoms with van der Waals surface area (Å²) in [7, 11) is 0. The number of anilines is 1. The van der Waals surface area contributed by atoms with E-state index >= 15 is 0 Å². The predicted molar refractivity (Wildman–Crippen MR) is 70.9 cm³/mol. The number of ether oxygens (including phenoxy) is 1. The van der Waals surface area contributed by atoms with E-state index in [1.165, 1.54) is 0 Å². The van der Waals surface area contributed by atoms with Gasteiger partial charge in [-0.25, -0.2) is 9.18 Å². The number of aliphatic hydroxyl groups excluding tert-OH is 1. The molecule has 124 valence electrons. The number of carbonyl (C=O) groups is 1. The molecule has 1 aromatic rings.